The molecule has 7 heteroatoms. The zero-order valence-electron chi connectivity index (χ0n) is 17.2. The molecule has 0 atom stereocenters. The summed E-state index contributed by atoms with van der Waals surface area (Å²) in [6.07, 6.45) is 0. The van der Waals surface area contributed by atoms with E-state index in [1.807, 2.05) is 24.3 Å². The first-order chi connectivity index (χ1) is 15.0. The molecule has 0 heterocycles. The minimum Gasteiger partial charge on any atom is -0.380 e. The van der Waals surface area contributed by atoms with Crippen LogP contribution in [0.25, 0.3) is 0 Å². The van der Waals surface area contributed by atoms with Gasteiger partial charge in [-0.25, -0.2) is 9.18 Å². The van der Waals surface area contributed by atoms with Crippen molar-refractivity contribution in [2.75, 3.05) is 12.4 Å². The normalized spacial score (nSPS) is 10.4. The Hall–Kier alpha value is -3.71. The number of ether oxygens (including phenoxy) is 1. The van der Waals surface area contributed by atoms with Crippen molar-refractivity contribution in [3.63, 3.8) is 0 Å². The summed E-state index contributed by atoms with van der Waals surface area (Å²) in [5.74, 6) is -0.685. The Bertz CT molecular complexity index is 1020. The number of anilines is 1. The average Bonchev–Trinajstić information content (AvgIpc) is 2.78. The van der Waals surface area contributed by atoms with Crippen molar-refractivity contribution < 1.29 is 18.7 Å². The number of hydrogen-bond donors (Lipinski definition) is 3. The summed E-state index contributed by atoms with van der Waals surface area (Å²) in [6.45, 7) is 1.03. The number of hydrogen-bond acceptors (Lipinski definition) is 3. The number of nitrogens with one attached hydrogen (secondary N) is 3. The summed E-state index contributed by atoms with van der Waals surface area (Å²) in [6, 6.07) is 20.2. The molecule has 3 N–H and O–H groups in total. The van der Waals surface area contributed by atoms with Crippen molar-refractivity contribution in [1.29, 1.82) is 0 Å². The number of carbonyl (C=O) groups excluding carboxylic acids is 2. The van der Waals surface area contributed by atoms with E-state index in [-0.39, 0.29) is 24.3 Å². The van der Waals surface area contributed by atoms with E-state index in [0.29, 0.717) is 30.0 Å². The Morgan fingerprint density at radius 3 is 2.19 bits per heavy atom. The van der Waals surface area contributed by atoms with Gasteiger partial charge in [0.05, 0.1) is 6.61 Å². The van der Waals surface area contributed by atoms with E-state index in [4.69, 9.17) is 4.74 Å². The molecule has 6 nitrogen and oxygen atoms in total. The maximum absolute atomic E-state index is 13.6. The molecule has 31 heavy (non-hydrogen) atoms. The second-order valence-corrected chi connectivity index (χ2v) is 6.91. The third-order valence-electron chi connectivity index (χ3n) is 4.59. The molecule has 3 rings (SSSR count). The molecule has 0 radical (unpaired) electrons. The minimum atomic E-state index is -0.362. The maximum atomic E-state index is 13.6. The molecule has 0 aliphatic heterocycles. The molecule has 3 amide bonds. The van der Waals surface area contributed by atoms with Crippen LogP contribution in [0.4, 0.5) is 14.9 Å². The highest BCUT2D eigenvalue weighted by Crippen LogP contribution is 2.11. The lowest BCUT2D eigenvalue weighted by Gasteiger charge is -2.10. The van der Waals surface area contributed by atoms with Crippen molar-refractivity contribution in [3.8, 4) is 0 Å². The van der Waals surface area contributed by atoms with Crippen LogP contribution in [0.5, 0.6) is 0 Å². The second-order valence-electron chi connectivity index (χ2n) is 6.91. The monoisotopic (exact) mass is 421 g/mol. The van der Waals surface area contributed by atoms with Gasteiger partial charge < -0.3 is 20.7 Å². The fourth-order valence-corrected chi connectivity index (χ4v) is 2.90. The summed E-state index contributed by atoms with van der Waals surface area (Å²) < 4.78 is 18.7. The highest BCUT2D eigenvalue weighted by atomic mass is 19.1. The molecule has 0 fully saturated rings. The number of rotatable bonds is 8. The molecule has 0 saturated carbocycles. The molecule has 0 saturated heterocycles. The summed E-state index contributed by atoms with van der Waals surface area (Å²) in [5.41, 5.74) is 3.42. The summed E-state index contributed by atoms with van der Waals surface area (Å²) in [4.78, 5) is 24.4. The van der Waals surface area contributed by atoms with Crippen molar-refractivity contribution in [2.45, 2.75) is 19.7 Å². The Labute approximate surface area is 180 Å². The number of carbonyl (C=O) groups is 2. The number of benzene rings is 3. The van der Waals surface area contributed by atoms with Gasteiger partial charge in [0, 0.05) is 37.0 Å². The van der Waals surface area contributed by atoms with Gasteiger partial charge in [-0.3, -0.25) is 4.79 Å². The molecule has 0 bridgehead atoms. The number of halogens is 1. The van der Waals surface area contributed by atoms with E-state index in [2.05, 4.69) is 16.0 Å². The lowest BCUT2D eigenvalue weighted by molar-refractivity contribution is 0.0950. The van der Waals surface area contributed by atoms with Gasteiger partial charge in [-0.1, -0.05) is 42.5 Å². The summed E-state index contributed by atoms with van der Waals surface area (Å²) in [7, 11) is 1.64. The predicted molar refractivity (Wildman–Crippen MR) is 117 cm³/mol. The fourth-order valence-electron chi connectivity index (χ4n) is 2.90. The summed E-state index contributed by atoms with van der Waals surface area (Å²) in [5, 5.41) is 8.19. The van der Waals surface area contributed by atoms with E-state index >= 15 is 0 Å². The third-order valence-corrected chi connectivity index (χ3v) is 4.59. The standard InChI is InChI=1S/C24H24FN3O3/c1-31-16-18-8-6-17(7-9-18)14-27-24(30)28-21-12-10-19(11-13-21)23(29)26-15-20-4-2-3-5-22(20)25/h2-13H,14-16H2,1H3,(H,26,29)(H2,27,28,30). The lowest BCUT2D eigenvalue weighted by atomic mass is 10.1. The molecule has 3 aromatic rings. The molecule has 0 unspecified atom stereocenters. The number of urea groups is 1. The van der Waals surface area contributed by atoms with E-state index in [0.717, 1.165) is 11.1 Å². The molecule has 0 spiro atoms. The quantitative estimate of drug-likeness (QED) is 0.509. The molecule has 160 valence electrons. The Kier molecular flexibility index (Phi) is 7.73. The zero-order valence-corrected chi connectivity index (χ0v) is 17.2. The van der Waals surface area contributed by atoms with Gasteiger partial charge in [0.2, 0.25) is 0 Å². The first kappa shape index (κ1) is 22.0. The van der Waals surface area contributed by atoms with E-state index in [9.17, 15) is 14.0 Å². The SMILES string of the molecule is COCc1ccc(CNC(=O)Nc2ccc(C(=O)NCc3ccccc3F)cc2)cc1. The Morgan fingerprint density at radius 2 is 1.52 bits per heavy atom. The van der Waals surface area contributed by atoms with Gasteiger partial charge in [-0.2, -0.15) is 0 Å². The van der Waals surface area contributed by atoms with Crippen molar-refractivity contribution in [3.05, 3.63) is 101 Å². The molecule has 0 aromatic heterocycles. The highest BCUT2D eigenvalue weighted by molar-refractivity contribution is 5.95. The van der Waals surface area contributed by atoms with Crippen molar-refractivity contribution >= 4 is 17.6 Å². The fraction of sp³-hybridized carbons (Fsp3) is 0.167. The van der Waals surface area contributed by atoms with Crippen LogP contribution in [-0.2, 0) is 24.4 Å². The number of amides is 3. The smallest absolute Gasteiger partial charge is 0.319 e. The van der Waals surface area contributed by atoms with Crippen molar-refractivity contribution in [2.24, 2.45) is 0 Å². The van der Waals surface area contributed by atoms with Crippen LogP contribution in [0.2, 0.25) is 0 Å². The average molecular weight is 421 g/mol. The molecule has 3 aromatic carbocycles. The van der Waals surface area contributed by atoms with Gasteiger partial charge >= 0.3 is 6.03 Å². The highest BCUT2D eigenvalue weighted by Gasteiger charge is 2.08. The second kappa shape index (κ2) is 10.9. The lowest BCUT2D eigenvalue weighted by Crippen LogP contribution is -2.28. The van der Waals surface area contributed by atoms with Crippen LogP contribution in [0, 0.1) is 5.82 Å². The maximum Gasteiger partial charge on any atom is 0.319 e. The van der Waals surface area contributed by atoms with Gasteiger partial charge in [0.25, 0.3) is 5.91 Å². The van der Waals surface area contributed by atoms with Gasteiger partial charge in [-0.15, -0.1) is 0 Å². The predicted octanol–water partition coefficient (Wildman–Crippen LogP) is 4.22. The van der Waals surface area contributed by atoms with E-state index < -0.39 is 0 Å². The van der Waals surface area contributed by atoms with Crippen molar-refractivity contribution in [1.82, 2.24) is 10.6 Å². The Morgan fingerprint density at radius 1 is 0.839 bits per heavy atom. The first-order valence-electron chi connectivity index (χ1n) is 9.78. The van der Waals surface area contributed by atoms with Gasteiger partial charge in [0.15, 0.2) is 0 Å². The van der Waals surface area contributed by atoms with Crippen LogP contribution in [0.3, 0.4) is 0 Å². The van der Waals surface area contributed by atoms with Crippen LogP contribution in [-0.4, -0.2) is 19.0 Å². The summed E-state index contributed by atoms with van der Waals surface area (Å²) >= 11 is 0. The van der Waals surface area contributed by atoms with Crippen LogP contribution >= 0.6 is 0 Å². The van der Waals surface area contributed by atoms with Crippen LogP contribution in [0.1, 0.15) is 27.0 Å². The third kappa shape index (κ3) is 6.65. The Balaban J connectivity index is 1.46. The van der Waals surface area contributed by atoms with E-state index in [1.165, 1.54) is 6.07 Å². The van der Waals surface area contributed by atoms with Gasteiger partial charge in [-0.05, 0) is 41.5 Å². The molecule has 0 aliphatic carbocycles. The zero-order chi connectivity index (χ0) is 22.1. The molecule has 0 aliphatic rings. The topological polar surface area (TPSA) is 79.5 Å². The molecular weight excluding hydrogens is 397 g/mol. The van der Waals surface area contributed by atoms with E-state index in [1.54, 1.807) is 49.6 Å². The van der Waals surface area contributed by atoms with Crippen LogP contribution < -0.4 is 16.0 Å². The largest absolute Gasteiger partial charge is 0.380 e. The number of methoxy groups -OCH3 is 1. The molecular formula is C24H24FN3O3. The van der Waals surface area contributed by atoms with Gasteiger partial charge in [0.1, 0.15) is 5.82 Å². The first-order valence-corrected chi connectivity index (χ1v) is 9.78. The van der Waals surface area contributed by atoms with Crippen LogP contribution in [0.15, 0.2) is 72.8 Å². The minimum absolute atomic E-state index is 0.0976.